The quantitative estimate of drug-likeness (QED) is 0.933. The third-order valence-corrected chi connectivity index (χ3v) is 3.14. The average molecular weight is 323 g/mol. The minimum Gasteiger partial charge on any atom is -0.476 e. The van der Waals surface area contributed by atoms with Gasteiger partial charge in [-0.15, -0.1) is 0 Å². The molecule has 6 heteroatoms. The van der Waals surface area contributed by atoms with Crippen LogP contribution in [0.1, 0.15) is 16.1 Å². The molecule has 98 valence electrons. The number of carboxylic acids is 1. The summed E-state index contributed by atoms with van der Waals surface area (Å²) in [7, 11) is 0. The van der Waals surface area contributed by atoms with Gasteiger partial charge in [0.1, 0.15) is 0 Å². The summed E-state index contributed by atoms with van der Waals surface area (Å²) in [4.78, 5) is 22.4. The molecule has 0 radical (unpaired) electrons. The molecule has 0 aliphatic carbocycles. The molecule has 0 aliphatic rings. The summed E-state index contributed by atoms with van der Waals surface area (Å²) < 4.78 is 2.16. The Morgan fingerprint density at radius 2 is 1.89 bits per heavy atom. The van der Waals surface area contributed by atoms with Crippen LogP contribution in [0.15, 0.2) is 45.7 Å². The number of benzene rings is 1. The fourth-order valence-electron chi connectivity index (χ4n) is 1.61. The molecule has 2 aromatic rings. The van der Waals surface area contributed by atoms with Crippen molar-refractivity contribution in [2.75, 3.05) is 0 Å². The predicted molar refractivity (Wildman–Crippen MR) is 73.3 cm³/mol. The number of aryl methyl sites for hydroxylation is 2. The number of hydrogen-bond donors (Lipinski definition) is 1. The van der Waals surface area contributed by atoms with Crippen molar-refractivity contribution in [2.45, 2.75) is 13.0 Å². The summed E-state index contributed by atoms with van der Waals surface area (Å²) in [5.74, 6) is -1.14. The van der Waals surface area contributed by atoms with Gasteiger partial charge in [0.05, 0.1) is 0 Å². The van der Waals surface area contributed by atoms with Crippen LogP contribution in [0.2, 0.25) is 0 Å². The van der Waals surface area contributed by atoms with Crippen molar-refractivity contribution >= 4 is 21.9 Å². The predicted octanol–water partition coefficient (Wildman–Crippen LogP) is 1.95. The molecule has 19 heavy (non-hydrogen) atoms. The van der Waals surface area contributed by atoms with E-state index < -0.39 is 5.97 Å². The highest BCUT2D eigenvalue weighted by Crippen LogP contribution is 2.11. The zero-order valence-corrected chi connectivity index (χ0v) is 11.5. The molecule has 0 saturated carbocycles. The third kappa shape index (κ3) is 3.51. The lowest BCUT2D eigenvalue weighted by molar-refractivity contribution is 0.0687. The van der Waals surface area contributed by atoms with Gasteiger partial charge in [0.25, 0.3) is 5.56 Å². The SMILES string of the molecule is O=C(O)c1ccc(=O)n(CCc2ccc(Br)cc2)n1. The lowest BCUT2D eigenvalue weighted by Crippen LogP contribution is -2.25. The van der Waals surface area contributed by atoms with Crippen molar-refractivity contribution in [1.29, 1.82) is 0 Å². The van der Waals surface area contributed by atoms with E-state index in [9.17, 15) is 9.59 Å². The van der Waals surface area contributed by atoms with Crippen molar-refractivity contribution < 1.29 is 9.90 Å². The number of halogens is 1. The highest BCUT2D eigenvalue weighted by molar-refractivity contribution is 9.10. The third-order valence-electron chi connectivity index (χ3n) is 2.61. The second-order valence-corrected chi connectivity index (χ2v) is 4.88. The number of aromatic nitrogens is 2. The molecule has 0 aliphatic heterocycles. The number of nitrogens with zero attached hydrogens (tertiary/aromatic N) is 2. The molecule has 0 amide bonds. The Balaban J connectivity index is 2.15. The van der Waals surface area contributed by atoms with Gasteiger partial charge in [0.15, 0.2) is 5.69 Å². The van der Waals surface area contributed by atoms with Gasteiger partial charge in [-0.2, -0.15) is 5.10 Å². The molecular weight excluding hydrogens is 312 g/mol. The molecule has 0 unspecified atom stereocenters. The number of carboxylic acid groups (broad SMARTS) is 1. The highest BCUT2D eigenvalue weighted by Gasteiger charge is 2.07. The Morgan fingerprint density at radius 1 is 1.21 bits per heavy atom. The fraction of sp³-hybridized carbons (Fsp3) is 0.154. The van der Waals surface area contributed by atoms with E-state index in [0.717, 1.165) is 10.0 Å². The number of rotatable bonds is 4. The summed E-state index contributed by atoms with van der Waals surface area (Å²) in [6.07, 6.45) is 0.614. The van der Waals surface area contributed by atoms with E-state index in [1.807, 2.05) is 24.3 Å². The maximum atomic E-state index is 11.6. The van der Waals surface area contributed by atoms with Crippen LogP contribution in [-0.4, -0.2) is 20.9 Å². The lowest BCUT2D eigenvalue weighted by atomic mass is 10.1. The van der Waals surface area contributed by atoms with Crippen LogP contribution in [0, 0.1) is 0 Å². The zero-order valence-electron chi connectivity index (χ0n) is 9.91. The smallest absolute Gasteiger partial charge is 0.356 e. The van der Waals surface area contributed by atoms with E-state index in [2.05, 4.69) is 21.0 Å². The first-order chi connectivity index (χ1) is 9.06. The normalized spacial score (nSPS) is 10.4. The van der Waals surface area contributed by atoms with Gasteiger partial charge in [-0.05, 0) is 30.2 Å². The van der Waals surface area contributed by atoms with Gasteiger partial charge < -0.3 is 5.11 Å². The molecule has 0 fully saturated rings. The van der Waals surface area contributed by atoms with Crippen molar-refractivity contribution in [3.63, 3.8) is 0 Å². The Bertz CT molecular complexity index is 650. The molecule has 1 aromatic heterocycles. The average Bonchev–Trinajstić information content (AvgIpc) is 2.39. The number of aromatic carboxylic acids is 1. The molecule has 2 rings (SSSR count). The van der Waals surface area contributed by atoms with Gasteiger partial charge in [-0.25, -0.2) is 9.48 Å². The van der Waals surface area contributed by atoms with Gasteiger partial charge in [-0.3, -0.25) is 4.79 Å². The monoisotopic (exact) mass is 322 g/mol. The summed E-state index contributed by atoms with van der Waals surface area (Å²) >= 11 is 3.35. The van der Waals surface area contributed by atoms with E-state index in [4.69, 9.17) is 5.11 Å². The number of carbonyl (C=O) groups is 1. The minimum absolute atomic E-state index is 0.129. The molecule has 0 bridgehead atoms. The minimum atomic E-state index is -1.14. The molecular formula is C13H11BrN2O3. The summed E-state index contributed by atoms with van der Waals surface area (Å²) in [5.41, 5.74) is 0.621. The number of hydrogen-bond acceptors (Lipinski definition) is 3. The van der Waals surface area contributed by atoms with E-state index in [-0.39, 0.29) is 11.3 Å². The van der Waals surface area contributed by atoms with Crippen LogP contribution < -0.4 is 5.56 Å². The molecule has 0 saturated heterocycles. The molecule has 0 atom stereocenters. The lowest BCUT2D eigenvalue weighted by Gasteiger charge is -2.05. The highest BCUT2D eigenvalue weighted by atomic mass is 79.9. The summed E-state index contributed by atoms with van der Waals surface area (Å²) in [5, 5.41) is 12.6. The second-order valence-electron chi connectivity index (χ2n) is 3.96. The first-order valence-electron chi connectivity index (χ1n) is 5.62. The van der Waals surface area contributed by atoms with Gasteiger partial charge in [0, 0.05) is 17.1 Å². The van der Waals surface area contributed by atoms with Crippen LogP contribution >= 0.6 is 15.9 Å². The largest absolute Gasteiger partial charge is 0.476 e. The van der Waals surface area contributed by atoms with E-state index in [1.54, 1.807) is 0 Å². The Hall–Kier alpha value is -1.95. The molecule has 1 heterocycles. The Kier molecular flexibility index (Phi) is 4.11. The van der Waals surface area contributed by atoms with Crippen LogP contribution in [0.5, 0.6) is 0 Å². The first kappa shape index (κ1) is 13.5. The summed E-state index contributed by atoms with van der Waals surface area (Å²) in [6.45, 7) is 0.349. The van der Waals surface area contributed by atoms with Gasteiger partial charge in [0.2, 0.25) is 0 Å². The van der Waals surface area contributed by atoms with Gasteiger partial charge in [-0.1, -0.05) is 28.1 Å². The fourth-order valence-corrected chi connectivity index (χ4v) is 1.87. The molecule has 0 spiro atoms. The van der Waals surface area contributed by atoms with Crippen LogP contribution in [-0.2, 0) is 13.0 Å². The van der Waals surface area contributed by atoms with Crippen molar-refractivity contribution in [3.8, 4) is 0 Å². The molecule has 1 aromatic carbocycles. The van der Waals surface area contributed by atoms with Crippen LogP contribution in [0.4, 0.5) is 0 Å². The summed E-state index contributed by atoms with van der Waals surface area (Å²) in [6, 6.07) is 10.1. The van der Waals surface area contributed by atoms with Crippen molar-refractivity contribution in [1.82, 2.24) is 9.78 Å². The van der Waals surface area contributed by atoms with Crippen molar-refractivity contribution in [2.24, 2.45) is 0 Å². The molecule has 5 nitrogen and oxygen atoms in total. The maximum absolute atomic E-state index is 11.6. The second kappa shape index (κ2) is 5.79. The van der Waals surface area contributed by atoms with Crippen LogP contribution in [0.25, 0.3) is 0 Å². The van der Waals surface area contributed by atoms with Gasteiger partial charge >= 0.3 is 5.97 Å². The standard InChI is InChI=1S/C13H11BrN2O3/c14-10-3-1-9(2-4-10)7-8-16-12(17)6-5-11(15-16)13(18)19/h1-6H,7-8H2,(H,18,19). The Labute approximate surface area is 117 Å². The first-order valence-corrected chi connectivity index (χ1v) is 6.41. The molecule has 1 N–H and O–H groups in total. The van der Waals surface area contributed by atoms with Crippen molar-refractivity contribution in [3.05, 3.63) is 62.5 Å². The maximum Gasteiger partial charge on any atom is 0.356 e. The zero-order chi connectivity index (χ0) is 13.8. The van der Waals surface area contributed by atoms with Crippen LogP contribution in [0.3, 0.4) is 0 Å². The Morgan fingerprint density at radius 3 is 2.53 bits per heavy atom. The van der Waals surface area contributed by atoms with E-state index in [1.165, 1.54) is 16.8 Å². The van der Waals surface area contributed by atoms with E-state index >= 15 is 0 Å². The topological polar surface area (TPSA) is 72.2 Å². The van der Waals surface area contributed by atoms with E-state index in [0.29, 0.717) is 13.0 Å².